The second kappa shape index (κ2) is 17.7. The molecule has 1 rings (SSSR count). The van der Waals surface area contributed by atoms with Crippen molar-refractivity contribution in [1.29, 1.82) is 0 Å². The first kappa shape index (κ1) is 27.1. The van der Waals surface area contributed by atoms with E-state index >= 15 is 0 Å². The third-order valence-electron chi connectivity index (χ3n) is 5.66. The topological polar surface area (TPSA) is 26.3 Å². The molecule has 5 heteroatoms. The van der Waals surface area contributed by atoms with Crippen LogP contribution in [0.15, 0.2) is 0 Å². The first-order valence-corrected chi connectivity index (χ1v) is 13.8. The van der Waals surface area contributed by atoms with Crippen LogP contribution in [0.4, 0.5) is 0 Å². The van der Waals surface area contributed by atoms with Gasteiger partial charge in [0.2, 0.25) is 6.29 Å². The minimum absolute atomic E-state index is 0.148. The predicted molar refractivity (Wildman–Crippen MR) is 131 cm³/mol. The van der Waals surface area contributed by atoms with Gasteiger partial charge in [0.15, 0.2) is 0 Å². The molecule has 1 saturated carbocycles. The van der Waals surface area contributed by atoms with Crippen molar-refractivity contribution in [1.82, 2.24) is 0 Å². The molecular weight excluding hydrogens is 548 g/mol. The minimum atomic E-state index is -0.490. The van der Waals surface area contributed by atoms with E-state index in [0.29, 0.717) is 6.10 Å². The second-order valence-electron chi connectivity index (χ2n) is 8.18. The van der Waals surface area contributed by atoms with E-state index in [1.807, 2.05) is 0 Å². The Kier molecular flexibility index (Phi) is 17.2. The highest BCUT2D eigenvalue weighted by atomic mass is 80.0. The van der Waals surface area contributed by atoms with Crippen molar-refractivity contribution >= 4 is 54.1 Å². The summed E-state index contributed by atoms with van der Waals surface area (Å²) in [6.07, 6.45) is 26.6. The van der Waals surface area contributed by atoms with E-state index in [9.17, 15) is 4.79 Å². The molecule has 1 unspecified atom stereocenters. The number of rotatable bonds is 17. The fraction of sp³-hybridized carbons (Fsp3) is 0.913. The van der Waals surface area contributed by atoms with E-state index in [-0.39, 0.29) is 5.92 Å². The summed E-state index contributed by atoms with van der Waals surface area (Å²) in [5.74, 6) is -0.148. The maximum atomic E-state index is 11.0. The highest BCUT2D eigenvalue weighted by Crippen LogP contribution is 2.42. The highest BCUT2D eigenvalue weighted by Gasteiger charge is 2.30. The highest BCUT2D eigenvalue weighted by molar-refractivity contribution is 9.39. The first-order valence-electron chi connectivity index (χ1n) is 11.4. The van der Waals surface area contributed by atoms with Crippen molar-refractivity contribution in [3.05, 3.63) is 6.42 Å². The molecule has 0 aromatic heterocycles. The smallest absolute Gasteiger partial charge is 0.205 e. The van der Waals surface area contributed by atoms with Crippen LogP contribution in [-0.4, -0.2) is 21.1 Å². The molecule has 2 nitrogen and oxygen atoms in total. The van der Waals surface area contributed by atoms with E-state index in [2.05, 4.69) is 60.5 Å². The quantitative estimate of drug-likeness (QED) is 0.126. The molecule has 1 atom stereocenters. The van der Waals surface area contributed by atoms with Crippen molar-refractivity contribution in [2.24, 2.45) is 5.92 Å². The van der Waals surface area contributed by atoms with E-state index in [0.717, 1.165) is 19.4 Å². The van der Waals surface area contributed by atoms with Crippen molar-refractivity contribution in [2.75, 3.05) is 6.61 Å². The van der Waals surface area contributed by atoms with Gasteiger partial charge in [0.05, 0.1) is 12.0 Å². The molecule has 0 N–H and O–H groups in total. The number of ether oxygens (including phenoxy) is 1. The number of unbranched alkanes of at least 4 members (excludes halogenated alkanes) is 11. The third-order valence-corrected chi connectivity index (χ3v) is 7.32. The van der Waals surface area contributed by atoms with Gasteiger partial charge < -0.3 is 4.74 Å². The molecule has 1 aliphatic carbocycles. The summed E-state index contributed by atoms with van der Waals surface area (Å²) < 4.78 is 5.48. The maximum Gasteiger partial charge on any atom is 0.205 e. The zero-order valence-corrected chi connectivity index (χ0v) is 22.2. The summed E-state index contributed by atoms with van der Waals surface area (Å²) in [6, 6.07) is 0. The van der Waals surface area contributed by atoms with Gasteiger partial charge >= 0.3 is 0 Å². The molecule has 0 aromatic carbocycles. The van der Waals surface area contributed by atoms with Crippen molar-refractivity contribution in [3.63, 3.8) is 0 Å². The van der Waals surface area contributed by atoms with Gasteiger partial charge in [0.25, 0.3) is 0 Å². The molecule has 0 saturated heterocycles. The third kappa shape index (κ3) is 15.0. The Labute approximate surface area is 199 Å². The van der Waals surface area contributed by atoms with Crippen LogP contribution in [0.1, 0.15) is 109 Å². The van der Waals surface area contributed by atoms with Crippen LogP contribution in [0.2, 0.25) is 0 Å². The lowest BCUT2D eigenvalue weighted by molar-refractivity contribution is 0.0326. The van der Waals surface area contributed by atoms with E-state index in [4.69, 9.17) is 4.74 Å². The summed E-state index contributed by atoms with van der Waals surface area (Å²) in [6.45, 7) is 0.970. The Hall–Kier alpha value is 1.07. The molecule has 0 heterocycles. The van der Waals surface area contributed by atoms with Crippen LogP contribution in [0, 0.1) is 12.3 Å². The molecule has 28 heavy (non-hydrogen) atoms. The van der Waals surface area contributed by atoms with Crippen LogP contribution in [-0.2, 0) is 9.53 Å². The molecular formula is C23H39Br3O2. The number of halogens is 3. The van der Waals surface area contributed by atoms with Crippen LogP contribution in [0.3, 0.4) is 0 Å². The Bertz CT molecular complexity index is 365. The normalized spacial score (nSPS) is 17.0. The molecule has 0 aliphatic heterocycles. The number of hydrogen-bond donors (Lipinski definition) is 0. The summed E-state index contributed by atoms with van der Waals surface area (Å²) >= 11 is 10.3. The zero-order valence-electron chi connectivity index (χ0n) is 17.4. The number of alkyl halides is 3. The molecule has 164 valence electrons. The summed E-state index contributed by atoms with van der Waals surface area (Å²) in [4.78, 5) is 11.0. The van der Waals surface area contributed by atoms with Gasteiger partial charge in [-0.2, -0.15) is 0 Å². The summed E-state index contributed by atoms with van der Waals surface area (Å²) in [5, 5.41) is 0. The molecule has 1 fully saturated rings. The largest absolute Gasteiger partial charge is 0.378 e. The molecule has 2 radical (unpaired) electrons. The monoisotopic (exact) mass is 584 g/mol. The molecule has 0 spiro atoms. The Morgan fingerprint density at radius 2 is 1.29 bits per heavy atom. The molecule has 0 amide bonds. The lowest BCUT2D eigenvalue weighted by Crippen LogP contribution is -2.18. The van der Waals surface area contributed by atoms with Gasteiger partial charge in [0, 0.05) is 6.61 Å². The number of hydrogen-bond acceptors (Lipinski definition) is 2. The van der Waals surface area contributed by atoms with Crippen LogP contribution in [0.5, 0.6) is 0 Å². The van der Waals surface area contributed by atoms with E-state index in [1.165, 1.54) is 96.3 Å². The van der Waals surface area contributed by atoms with E-state index < -0.39 is 2.14 Å². The SMILES string of the molecule is O=[C]C(CCCCCCCCCCCCCCOC1CC[CH]CC1)C(Br)(Br)Br. The van der Waals surface area contributed by atoms with Crippen LogP contribution >= 0.6 is 47.8 Å². The van der Waals surface area contributed by atoms with Crippen molar-refractivity contribution in [2.45, 2.75) is 117 Å². The van der Waals surface area contributed by atoms with Gasteiger partial charge in [-0.1, -0.05) is 118 Å². The van der Waals surface area contributed by atoms with Gasteiger partial charge in [-0.15, -0.1) is 0 Å². The number of carbonyl (C=O) groups excluding carboxylic acids is 1. The Morgan fingerprint density at radius 3 is 1.75 bits per heavy atom. The van der Waals surface area contributed by atoms with Gasteiger partial charge in [0.1, 0.15) is 2.14 Å². The minimum Gasteiger partial charge on any atom is -0.378 e. The zero-order chi connectivity index (χ0) is 20.5. The maximum absolute atomic E-state index is 11.0. The lowest BCUT2D eigenvalue weighted by atomic mass is 9.98. The average Bonchev–Trinajstić information content (AvgIpc) is 2.67. The predicted octanol–water partition coefficient (Wildman–Crippen LogP) is 8.79. The standard InChI is InChI=1S/C23H39Br3O2/c24-23(25,26)21(20-27)16-12-9-7-5-3-1-2-4-6-8-10-15-19-28-22-17-13-11-14-18-22/h11,21-22H,1-10,12-19H2. The molecule has 0 bridgehead atoms. The van der Waals surface area contributed by atoms with Crippen LogP contribution in [0.25, 0.3) is 0 Å². The first-order chi connectivity index (χ1) is 13.5. The van der Waals surface area contributed by atoms with Gasteiger partial charge in [-0.25, -0.2) is 0 Å². The van der Waals surface area contributed by atoms with Crippen molar-refractivity contribution in [3.8, 4) is 0 Å². The lowest BCUT2D eigenvalue weighted by Gasteiger charge is -2.21. The Morgan fingerprint density at radius 1 is 0.821 bits per heavy atom. The van der Waals surface area contributed by atoms with Gasteiger partial charge in [-0.3, -0.25) is 4.79 Å². The average molecular weight is 587 g/mol. The summed E-state index contributed by atoms with van der Waals surface area (Å²) in [7, 11) is 0. The fourth-order valence-electron chi connectivity index (χ4n) is 3.82. The van der Waals surface area contributed by atoms with Gasteiger partial charge in [-0.05, 0) is 44.9 Å². The van der Waals surface area contributed by atoms with Crippen LogP contribution < -0.4 is 0 Å². The molecule has 1 aliphatic rings. The molecule has 0 aromatic rings. The Balaban J connectivity index is 1.75. The fourth-order valence-corrected chi connectivity index (χ4v) is 4.79. The second-order valence-corrected chi connectivity index (χ2v) is 15.1. The van der Waals surface area contributed by atoms with E-state index in [1.54, 1.807) is 0 Å². The van der Waals surface area contributed by atoms with Crippen molar-refractivity contribution < 1.29 is 9.53 Å². The summed E-state index contributed by atoms with van der Waals surface area (Å²) in [5.41, 5.74) is 0.